The van der Waals surface area contributed by atoms with Crippen molar-refractivity contribution in [2.75, 3.05) is 5.43 Å². The van der Waals surface area contributed by atoms with Gasteiger partial charge in [-0.2, -0.15) is 5.10 Å². The second kappa shape index (κ2) is 6.76. The molecule has 1 atom stereocenters. The van der Waals surface area contributed by atoms with Crippen molar-refractivity contribution in [2.24, 2.45) is 13.0 Å². The number of amides is 1. The van der Waals surface area contributed by atoms with Crippen molar-refractivity contribution >= 4 is 33.1 Å². The number of aromatic nitrogens is 4. The van der Waals surface area contributed by atoms with Crippen molar-refractivity contribution in [3.05, 3.63) is 48.1 Å². The molecule has 0 aliphatic heterocycles. The van der Waals surface area contributed by atoms with E-state index in [9.17, 15) is 19.7 Å². The Kier molecular flexibility index (Phi) is 4.49. The van der Waals surface area contributed by atoms with E-state index in [1.807, 2.05) is 0 Å². The maximum Gasteiger partial charge on any atom is 0.322 e. The molecule has 11 heteroatoms. The third-order valence-electron chi connectivity index (χ3n) is 5.30. The molecule has 0 unspecified atom stereocenters. The Morgan fingerprint density at radius 1 is 1.38 bits per heavy atom. The van der Waals surface area contributed by atoms with Gasteiger partial charge in [-0.15, -0.1) is 11.3 Å². The molecule has 1 N–H and O–H groups in total. The number of fused-ring (bicyclic) bond motifs is 3. The van der Waals surface area contributed by atoms with E-state index < -0.39 is 10.8 Å². The Hall–Kier alpha value is -3.08. The zero-order chi connectivity index (χ0) is 21.0. The van der Waals surface area contributed by atoms with Crippen molar-refractivity contribution in [2.45, 2.75) is 40.0 Å². The number of thiophene rings is 1. The quantitative estimate of drug-likeness (QED) is 0.515. The number of nitrogens with one attached hydrogen (secondary N) is 1. The van der Waals surface area contributed by atoms with Crippen LogP contribution in [-0.2, 0) is 19.9 Å². The third kappa shape index (κ3) is 3.01. The van der Waals surface area contributed by atoms with Gasteiger partial charge in [0.05, 0.1) is 10.3 Å². The summed E-state index contributed by atoms with van der Waals surface area (Å²) in [6.45, 7) is 5.26. The minimum atomic E-state index is -0.788. The summed E-state index contributed by atoms with van der Waals surface area (Å²) >= 11 is 1.53. The van der Waals surface area contributed by atoms with Gasteiger partial charge in [-0.1, -0.05) is 6.92 Å². The van der Waals surface area contributed by atoms with E-state index in [4.69, 9.17) is 0 Å². The first-order chi connectivity index (χ1) is 13.7. The van der Waals surface area contributed by atoms with Crippen LogP contribution in [0.1, 0.15) is 45.8 Å². The summed E-state index contributed by atoms with van der Waals surface area (Å²) in [5.41, 5.74) is 2.64. The van der Waals surface area contributed by atoms with Gasteiger partial charge in [0, 0.05) is 11.9 Å². The molecule has 1 amide bonds. The molecule has 29 heavy (non-hydrogen) atoms. The van der Waals surface area contributed by atoms with Crippen LogP contribution in [0.2, 0.25) is 0 Å². The summed E-state index contributed by atoms with van der Waals surface area (Å²) in [6.07, 6.45) is 2.72. The number of hydrogen-bond acceptors (Lipinski definition) is 7. The van der Waals surface area contributed by atoms with Crippen molar-refractivity contribution in [3.63, 3.8) is 0 Å². The van der Waals surface area contributed by atoms with E-state index in [1.54, 1.807) is 6.92 Å². The zero-order valence-electron chi connectivity index (χ0n) is 16.5. The fourth-order valence-electron chi connectivity index (χ4n) is 3.90. The van der Waals surface area contributed by atoms with E-state index in [0.29, 0.717) is 22.0 Å². The first-order valence-corrected chi connectivity index (χ1v) is 10.0. The highest BCUT2D eigenvalue weighted by Gasteiger charge is 2.30. The highest BCUT2D eigenvalue weighted by molar-refractivity contribution is 7.18. The van der Waals surface area contributed by atoms with Gasteiger partial charge < -0.3 is 0 Å². The second-order valence-electron chi connectivity index (χ2n) is 7.44. The van der Waals surface area contributed by atoms with Crippen LogP contribution >= 0.6 is 11.3 Å². The number of carbonyl (C=O) groups excluding carboxylic acids is 1. The molecule has 3 aromatic rings. The molecule has 0 aromatic carbocycles. The lowest BCUT2D eigenvalue weighted by Crippen LogP contribution is -2.36. The average Bonchev–Trinajstić information content (AvgIpc) is 3.13. The predicted molar refractivity (Wildman–Crippen MR) is 108 cm³/mol. The summed E-state index contributed by atoms with van der Waals surface area (Å²) < 4.78 is 2.21. The maximum absolute atomic E-state index is 13.2. The molecule has 0 saturated carbocycles. The van der Waals surface area contributed by atoms with Crippen LogP contribution < -0.4 is 11.0 Å². The Labute approximate surface area is 169 Å². The first kappa shape index (κ1) is 19.2. The van der Waals surface area contributed by atoms with Gasteiger partial charge in [0.2, 0.25) is 5.69 Å². The zero-order valence-corrected chi connectivity index (χ0v) is 17.3. The lowest BCUT2D eigenvalue weighted by atomic mass is 9.89. The minimum Gasteiger partial charge on any atom is -0.267 e. The number of rotatable bonds is 3. The Balaban J connectivity index is 1.81. The molecule has 0 bridgehead atoms. The molecule has 152 valence electrons. The fraction of sp³-hybridized carbons (Fsp3) is 0.444. The Bertz CT molecular complexity index is 1240. The third-order valence-corrected chi connectivity index (χ3v) is 6.45. The minimum absolute atomic E-state index is 0.126. The number of nitro groups is 1. The number of nitrogens with zero attached hydrogens (tertiary/aromatic N) is 5. The van der Waals surface area contributed by atoms with Crippen LogP contribution in [0, 0.1) is 29.9 Å². The smallest absolute Gasteiger partial charge is 0.267 e. The second-order valence-corrected chi connectivity index (χ2v) is 8.52. The predicted octanol–water partition coefficient (Wildman–Crippen LogP) is 2.23. The standard InChI is InChI=1S/C18H20N6O4S/c1-8-5-6-11-12(7-8)29-17-13(11)18(26)23(10(3)19-17)21-16(25)15-14(24(27)28)9(2)20-22(15)4/h8H,5-7H2,1-4H3,(H,21,25)/t8-/m0/s1. The molecular weight excluding hydrogens is 396 g/mol. The van der Waals surface area contributed by atoms with Crippen LogP contribution in [-0.4, -0.2) is 30.3 Å². The molecule has 4 rings (SSSR count). The SMILES string of the molecule is Cc1nn(C)c(C(=O)Nn2c(C)nc3sc4c(c3c2=O)CC[C@H](C)C4)c1[N+](=O)[O-]. The monoisotopic (exact) mass is 416 g/mol. The van der Waals surface area contributed by atoms with Gasteiger partial charge in [0.15, 0.2) is 0 Å². The molecule has 1 aliphatic rings. The fourth-order valence-corrected chi connectivity index (χ4v) is 5.32. The highest BCUT2D eigenvalue weighted by Crippen LogP contribution is 2.35. The molecule has 3 heterocycles. The summed E-state index contributed by atoms with van der Waals surface area (Å²) in [5.74, 6) is 0.0834. The van der Waals surface area contributed by atoms with E-state index >= 15 is 0 Å². The van der Waals surface area contributed by atoms with Crippen LogP contribution in [0.5, 0.6) is 0 Å². The summed E-state index contributed by atoms with van der Waals surface area (Å²) in [4.78, 5) is 43.1. The average molecular weight is 416 g/mol. The molecule has 0 fully saturated rings. The van der Waals surface area contributed by atoms with Gasteiger partial charge in [-0.25, -0.2) is 9.66 Å². The number of hydrogen-bond donors (Lipinski definition) is 1. The number of aryl methyl sites for hydroxylation is 4. The van der Waals surface area contributed by atoms with Gasteiger partial charge in [-0.05, 0) is 44.6 Å². The molecule has 10 nitrogen and oxygen atoms in total. The Morgan fingerprint density at radius 3 is 2.79 bits per heavy atom. The molecule has 0 radical (unpaired) electrons. The Morgan fingerprint density at radius 2 is 2.10 bits per heavy atom. The summed E-state index contributed by atoms with van der Waals surface area (Å²) in [5, 5.41) is 15.9. The van der Waals surface area contributed by atoms with Crippen LogP contribution in [0.3, 0.4) is 0 Å². The van der Waals surface area contributed by atoms with E-state index in [2.05, 4.69) is 22.4 Å². The number of carbonyl (C=O) groups is 1. The highest BCUT2D eigenvalue weighted by atomic mass is 32.1. The summed E-state index contributed by atoms with van der Waals surface area (Å²) in [6, 6.07) is 0. The summed E-state index contributed by atoms with van der Waals surface area (Å²) in [7, 11) is 1.45. The molecule has 1 aliphatic carbocycles. The largest absolute Gasteiger partial charge is 0.322 e. The van der Waals surface area contributed by atoms with Gasteiger partial charge in [0.25, 0.3) is 11.5 Å². The molecule has 0 saturated heterocycles. The normalized spacial score (nSPS) is 16.1. The maximum atomic E-state index is 13.2. The van der Waals surface area contributed by atoms with Crippen molar-refractivity contribution in [1.82, 2.24) is 19.4 Å². The van der Waals surface area contributed by atoms with Gasteiger partial charge in [0.1, 0.15) is 16.3 Å². The van der Waals surface area contributed by atoms with E-state index in [1.165, 1.54) is 30.2 Å². The molecular formula is C18H20N6O4S. The van der Waals surface area contributed by atoms with Gasteiger partial charge in [-0.3, -0.25) is 29.8 Å². The van der Waals surface area contributed by atoms with Crippen LogP contribution in [0.15, 0.2) is 4.79 Å². The first-order valence-electron chi connectivity index (χ1n) is 9.22. The molecule has 0 spiro atoms. The van der Waals surface area contributed by atoms with Crippen molar-refractivity contribution < 1.29 is 9.72 Å². The molecule has 3 aromatic heterocycles. The van der Waals surface area contributed by atoms with Crippen molar-refractivity contribution in [1.29, 1.82) is 0 Å². The lowest BCUT2D eigenvalue weighted by Gasteiger charge is -2.17. The van der Waals surface area contributed by atoms with E-state index in [-0.39, 0.29) is 22.6 Å². The van der Waals surface area contributed by atoms with Crippen LogP contribution in [0.25, 0.3) is 10.2 Å². The van der Waals surface area contributed by atoms with Crippen molar-refractivity contribution in [3.8, 4) is 0 Å². The van der Waals surface area contributed by atoms with E-state index in [0.717, 1.165) is 34.2 Å². The van der Waals surface area contributed by atoms with Gasteiger partial charge >= 0.3 is 5.69 Å². The lowest BCUT2D eigenvalue weighted by molar-refractivity contribution is -0.385. The van der Waals surface area contributed by atoms with Crippen LogP contribution in [0.4, 0.5) is 5.69 Å². The topological polar surface area (TPSA) is 125 Å².